The second-order valence-corrected chi connectivity index (χ2v) is 6.36. The van der Waals surface area contributed by atoms with Crippen LogP contribution in [0.4, 0.5) is 10.5 Å². The smallest absolute Gasteiger partial charge is 0.414 e. The number of H-pyrrole nitrogens is 2. The van der Waals surface area contributed by atoms with Crippen LogP contribution in [0.3, 0.4) is 0 Å². The van der Waals surface area contributed by atoms with Gasteiger partial charge in [0.2, 0.25) is 0 Å². The number of hydrogen-bond acceptors (Lipinski definition) is 3. The Labute approximate surface area is 147 Å². The van der Waals surface area contributed by atoms with Gasteiger partial charge < -0.3 is 9.72 Å². The Morgan fingerprint density at radius 2 is 2.12 bits per heavy atom. The Morgan fingerprint density at radius 3 is 2.92 bits per heavy atom. The van der Waals surface area contributed by atoms with E-state index in [1.165, 1.54) is 0 Å². The average Bonchev–Trinajstić information content (AvgIpc) is 3.31. The number of para-hydroxylation sites is 1. The molecule has 1 saturated heterocycles. The molecule has 25 heavy (non-hydrogen) atoms. The summed E-state index contributed by atoms with van der Waals surface area (Å²) in [5, 5.41) is 10.1. The number of amides is 1. The first-order valence-electron chi connectivity index (χ1n) is 7.91. The molecule has 2 aromatic carbocycles. The van der Waals surface area contributed by atoms with E-state index in [9.17, 15) is 4.79 Å². The van der Waals surface area contributed by atoms with E-state index in [1.807, 2.05) is 42.5 Å². The van der Waals surface area contributed by atoms with Crippen LogP contribution in [0.1, 0.15) is 0 Å². The maximum absolute atomic E-state index is 11.8. The van der Waals surface area contributed by atoms with Crippen LogP contribution in [-0.4, -0.2) is 34.4 Å². The van der Waals surface area contributed by atoms with Gasteiger partial charge in [0.1, 0.15) is 12.3 Å². The molecule has 1 fully saturated rings. The number of carbonyl (C=O) groups is 1. The molecule has 0 unspecified atom stereocenters. The summed E-state index contributed by atoms with van der Waals surface area (Å²) < 4.78 is 5.02. The van der Waals surface area contributed by atoms with E-state index in [4.69, 9.17) is 16.3 Å². The quantitative estimate of drug-likeness (QED) is 0.564. The van der Waals surface area contributed by atoms with Crippen molar-refractivity contribution in [3.8, 4) is 11.4 Å². The van der Waals surface area contributed by atoms with Gasteiger partial charge in [-0.1, -0.05) is 23.7 Å². The van der Waals surface area contributed by atoms with Gasteiger partial charge in [-0.25, -0.2) is 4.79 Å². The third kappa shape index (κ3) is 2.18. The maximum atomic E-state index is 11.8. The summed E-state index contributed by atoms with van der Waals surface area (Å²) in [6.45, 7) is 0.967. The molecule has 0 bridgehead atoms. The molecule has 0 atom stereocenters. The maximum Gasteiger partial charge on any atom is 0.414 e. The summed E-state index contributed by atoms with van der Waals surface area (Å²) in [4.78, 5) is 16.8. The number of nitrogens with one attached hydrogen (secondary N) is 2. The normalized spacial score (nSPS) is 14.6. The number of ether oxygens (including phenoxy) is 1. The molecule has 1 amide bonds. The largest absolute Gasteiger partial charge is 0.447 e. The number of halogens is 1. The van der Waals surface area contributed by atoms with Crippen molar-refractivity contribution in [2.45, 2.75) is 0 Å². The number of rotatable bonds is 2. The standard InChI is InChI=1S/C18H13ClN4O2/c19-13-3-1-2-10-8-15(20-16(10)13)17-12-9-11(4-5-14(12)21-22-17)23-6-7-25-18(23)24/h1-5,8-9,20H,6-7H2,(H,21,22). The summed E-state index contributed by atoms with van der Waals surface area (Å²) in [5.41, 5.74) is 4.24. The minimum Gasteiger partial charge on any atom is -0.447 e. The van der Waals surface area contributed by atoms with Gasteiger partial charge >= 0.3 is 6.09 Å². The lowest BCUT2D eigenvalue weighted by molar-refractivity contribution is 0.181. The van der Waals surface area contributed by atoms with Crippen molar-refractivity contribution in [2.75, 3.05) is 18.1 Å². The van der Waals surface area contributed by atoms with Gasteiger partial charge in [0.15, 0.2) is 0 Å². The summed E-state index contributed by atoms with van der Waals surface area (Å²) in [7, 11) is 0. The topological polar surface area (TPSA) is 74.0 Å². The second-order valence-electron chi connectivity index (χ2n) is 5.96. The molecular weight excluding hydrogens is 340 g/mol. The molecule has 2 N–H and O–H groups in total. The monoisotopic (exact) mass is 352 g/mol. The zero-order valence-electron chi connectivity index (χ0n) is 13.0. The Morgan fingerprint density at radius 1 is 1.20 bits per heavy atom. The number of fused-ring (bicyclic) bond motifs is 2. The van der Waals surface area contributed by atoms with E-state index in [2.05, 4.69) is 15.2 Å². The molecule has 0 spiro atoms. The van der Waals surface area contributed by atoms with E-state index in [0.29, 0.717) is 18.2 Å². The number of carbonyl (C=O) groups excluding carboxylic acids is 1. The Hall–Kier alpha value is -2.99. The highest BCUT2D eigenvalue weighted by Crippen LogP contribution is 2.33. The third-order valence-corrected chi connectivity index (χ3v) is 4.79. The average molecular weight is 353 g/mol. The van der Waals surface area contributed by atoms with E-state index in [1.54, 1.807) is 4.90 Å². The third-order valence-electron chi connectivity index (χ3n) is 4.48. The second kappa shape index (κ2) is 5.26. The van der Waals surface area contributed by atoms with Crippen LogP contribution in [0.5, 0.6) is 0 Å². The van der Waals surface area contributed by atoms with E-state index in [0.717, 1.165) is 38.9 Å². The molecule has 0 saturated carbocycles. The summed E-state index contributed by atoms with van der Waals surface area (Å²) in [6, 6.07) is 13.6. The Balaban J connectivity index is 1.67. The van der Waals surface area contributed by atoms with Crippen LogP contribution in [0.15, 0.2) is 42.5 Å². The van der Waals surface area contributed by atoms with Crippen LogP contribution < -0.4 is 4.90 Å². The number of nitrogens with zero attached hydrogens (tertiary/aromatic N) is 2. The first-order chi connectivity index (χ1) is 12.2. The number of aromatic nitrogens is 3. The summed E-state index contributed by atoms with van der Waals surface area (Å²) in [6.07, 6.45) is -0.318. The molecule has 2 aromatic heterocycles. The van der Waals surface area contributed by atoms with E-state index >= 15 is 0 Å². The van der Waals surface area contributed by atoms with Crippen LogP contribution in [0.2, 0.25) is 5.02 Å². The predicted molar refractivity (Wildman–Crippen MR) is 97.1 cm³/mol. The van der Waals surface area contributed by atoms with Gasteiger partial charge in [0.05, 0.1) is 28.3 Å². The number of benzene rings is 2. The van der Waals surface area contributed by atoms with Gasteiger partial charge in [-0.15, -0.1) is 0 Å². The number of hydrogen-bond donors (Lipinski definition) is 2. The fraction of sp³-hybridized carbons (Fsp3) is 0.111. The number of cyclic esters (lactones) is 1. The van der Waals surface area contributed by atoms with Crippen molar-refractivity contribution < 1.29 is 9.53 Å². The predicted octanol–water partition coefficient (Wildman–Crippen LogP) is 4.32. The zero-order chi connectivity index (χ0) is 17.0. The Kier molecular flexibility index (Phi) is 3.02. The molecule has 6 nitrogen and oxygen atoms in total. The molecule has 0 radical (unpaired) electrons. The van der Waals surface area contributed by atoms with Crippen LogP contribution in [0.25, 0.3) is 33.2 Å². The molecular formula is C18H13ClN4O2. The lowest BCUT2D eigenvalue weighted by Gasteiger charge is -2.12. The van der Waals surface area contributed by atoms with Crippen molar-refractivity contribution in [1.29, 1.82) is 0 Å². The highest BCUT2D eigenvalue weighted by Gasteiger charge is 2.24. The van der Waals surface area contributed by atoms with Crippen molar-refractivity contribution >= 4 is 45.2 Å². The molecule has 1 aliphatic heterocycles. The van der Waals surface area contributed by atoms with Crippen molar-refractivity contribution in [2.24, 2.45) is 0 Å². The molecule has 0 aliphatic carbocycles. The minimum atomic E-state index is -0.318. The van der Waals surface area contributed by atoms with Gasteiger partial charge in [-0.3, -0.25) is 10.00 Å². The first-order valence-corrected chi connectivity index (χ1v) is 8.28. The molecule has 5 rings (SSSR count). The van der Waals surface area contributed by atoms with Crippen molar-refractivity contribution in [3.63, 3.8) is 0 Å². The summed E-state index contributed by atoms with van der Waals surface area (Å²) >= 11 is 6.26. The number of anilines is 1. The molecule has 1 aliphatic rings. The van der Waals surface area contributed by atoms with Crippen molar-refractivity contribution in [1.82, 2.24) is 15.2 Å². The molecule has 4 aromatic rings. The van der Waals surface area contributed by atoms with Gasteiger partial charge in [0, 0.05) is 16.5 Å². The lowest BCUT2D eigenvalue weighted by atomic mass is 10.1. The Bertz CT molecular complexity index is 1130. The zero-order valence-corrected chi connectivity index (χ0v) is 13.8. The molecule has 7 heteroatoms. The fourth-order valence-electron chi connectivity index (χ4n) is 3.25. The molecule has 3 heterocycles. The van der Waals surface area contributed by atoms with E-state index < -0.39 is 0 Å². The lowest BCUT2D eigenvalue weighted by Crippen LogP contribution is -2.23. The van der Waals surface area contributed by atoms with Gasteiger partial charge in [0.25, 0.3) is 0 Å². The summed E-state index contributed by atoms with van der Waals surface area (Å²) in [5.74, 6) is 0. The number of aromatic amines is 2. The van der Waals surface area contributed by atoms with E-state index in [-0.39, 0.29) is 6.09 Å². The van der Waals surface area contributed by atoms with Gasteiger partial charge in [-0.2, -0.15) is 5.10 Å². The van der Waals surface area contributed by atoms with Crippen molar-refractivity contribution in [3.05, 3.63) is 47.5 Å². The highest BCUT2D eigenvalue weighted by atomic mass is 35.5. The SMILES string of the molecule is O=C1OCCN1c1ccc2[nH]nc(-c3cc4cccc(Cl)c4[nH]3)c2c1. The highest BCUT2D eigenvalue weighted by molar-refractivity contribution is 6.35. The molecule has 124 valence electrons. The van der Waals surface area contributed by atoms with Crippen LogP contribution in [-0.2, 0) is 4.74 Å². The van der Waals surface area contributed by atoms with Gasteiger partial charge in [-0.05, 0) is 30.3 Å². The minimum absolute atomic E-state index is 0.318. The first kappa shape index (κ1) is 14.4. The fourth-order valence-corrected chi connectivity index (χ4v) is 3.48. The van der Waals surface area contributed by atoms with Crippen LogP contribution in [0, 0.1) is 0 Å². The van der Waals surface area contributed by atoms with Crippen LogP contribution >= 0.6 is 11.6 Å².